The average Bonchev–Trinajstić information content (AvgIpc) is 2.54. The molecule has 0 aliphatic heterocycles. The van der Waals surface area contributed by atoms with Gasteiger partial charge in [-0.3, -0.25) is 0 Å². The molecule has 4 heteroatoms. The topological polar surface area (TPSA) is 47.7 Å². The fourth-order valence-electron chi connectivity index (χ4n) is 2.71. The molecule has 23 heavy (non-hydrogen) atoms. The summed E-state index contributed by atoms with van der Waals surface area (Å²) in [5.74, 6) is 1.44. The summed E-state index contributed by atoms with van der Waals surface area (Å²) >= 11 is 0. The molecule has 2 N–H and O–H groups in total. The Morgan fingerprint density at radius 3 is 2.26 bits per heavy atom. The van der Waals surface area contributed by atoms with Crippen molar-refractivity contribution in [2.75, 3.05) is 38.6 Å². The zero-order chi connectivity index (χ0) is 17.1. The molecule has 4 nitrogen and oxygen atoms in total. The first-order valence-electron chi connectivity index (χ1n) is 9.06. The third-order valence-corrected chi connectivity index (χ3v) is 3.95. The zero-order valence-electron chi connectivity index (χ0n) is 15.4. The molecule has 0 saturated carbocycles. The fraction of sp³-hybridized carbons (Fsp3) is 0.684. The lowest BCUT2D eigenvalue weighted by Gasteiger charge is -2.20. The summed E-state index contributed by atoms with van der Waals surface area (Å²) in [6.45, 7) is 13.1. The van der Waals surface area contributed by atoms with Crippen LogP contribution in [0.4, 0.5) is 5.69 Å². The van der Waals surface area contributed by atoms with Crippen LogP contribution in [0.5, 0.6) is 11.5 Å². The van der Waals surface area contributed by atoms with Crippen molar-refractivity contribution in [1.82, 2.24) is 4.90 Å². The molecule has 132 valence electrons. The van der Waals surface area contributed by atoms with Crippen LogP contribution in [0.1, 0.15) is 52.5 Å². The van der Waals surface area contributed by atoms with Crippen LogP contribution in [0.15, 0.2) is 12.1 Å². The van der Waals surface area contributed by atoms with Crippen molar-refractivity contribution in [2.45, 2.75) is 53.4 Å². The Hall–Kier alpha value is -1.42. The quantitative estimate of drug-likeness (QED) is 0.588. The van der Waals surface area contributed by atoms with Gasteiger partial charge in [-0.25, -0.2) is 0 Å². The average molecular weight is 322 g/mol. The summed E-state index contributed by atoms with van der Waals surface area (Å²) in [6.07, 6.45) is 4.68. The van der Waals surface area contributed by atoms with Gasteiger partial charge in [0.25, 0.3) is 0 Å². The van der Waals surface area contributed by atoms with E-state index in [1.807, 2.05) is 19.9 Å². The lowest BCUT2D eigenvalue weighted by atomic mass is 10.1. The molecule has 0 heterocycles. The molecular weight excluding hydrogens is 288 g/mol. The van der Waals surface area contributed by atoms with Crippen molar-refractivity contribution in [3.8, 4) is 11.5 Å². The van der Waals surface area contributed by atoms with E-state index in [0.717, 1.165) is 31.7 Å². The predicted octanol–water partition coefficient (Wildman–Crippen LogP) is 4.12. The van der Waals surface area contributed by atoms with Crippen LogP contribution >= 0.6 is 0 Å². The van der Waals surface area contributed by atoms with E-state index in [-0.39, 0.29) is 0 Å². The second-order valence-electron chi connectivity index (χ2n) is 5.77. The van der Waals surface area contributed by atoms with Gasteiger partial charge in [0.1, 0.15) is 0 Å². The summed E-state index contributed by atoms with van der Waals surface area (Å²) in [4.78, 5) is 2.52. The van der Waals surface area contributed by atoms with Gasteiger partial charge < -0.3 is 20.1 Å². The maximum atomic E-state index is 6.15. The predicted molar refractivity (Wildman–Crippen MR) is 98.5 cm³/mol. The van der Waals surface area contributed by atoms with Crippen molar-refractivity contribution in [3.05, 3.63) is 17.7 Å². The van der Waals surface area contributed by atoms with Gasteiger partial charge in [-0.1, -0.05) is 20.3 Å². The lowest BCUT2D eigenvalue weighted by Crippen LogP contribution is -2.26. The normalized spacial score (nSPS) is 11.0. The molecule has 0 amide bonds. The molecular formula is C19H34N2O2. The third-order valence-electron chi connectivity index (χ3n) is 3.95. The number of unbranched alkanes of at least 4 members (excludes halogenated alkanes) is 1. The molecule has 0 fully saturated rings. The molecule has 0 unspecified atom stereocenters. The van der Waals surface area contributed by atoms with Gasteiger partial charge in [-0.05, 0) is 70.4 Å². The van der Waals surface area contributed by atoms with Crippen molar-refractivity contribution in [1.29, 1.82) is 0 Å². The Balaban J connectivity index is 2.65. The molecule has 1 aromatic carbocycles. The van der Waals surface area contributed by atoms with E-state index in [4.69, 9.17) is 15.2 Å². The first-order valence-corrected chi connectivity index (χ1v) is 9.06. The number of aryl methyl sites for hydroxylation is 1. The van der Waals surface area contributed by atoms with Gasteiger partial charge in [0, 0.05) is 0 Å². The minimum absolute atomic E-state index is 0.590. The van der Waals surface area contributed by atoms with Gasteiger partial charge in [-0.2, -0.15) is 0 Å². The number of nitrogens with zero attached hydrogens (tertiary/aromatic N) is 1. The molecule has 0 aromatic heterocycles. The largest absolute Gasteiger partial charge is 0.490 e. The lowest BCUT2D eigenvalue weighted by molar-refractivity contribution is 0.279. The Morgan fingerprint density at radius 2 is 1.65 bits per heavy atom. The van der Waals surface area contributed by atoms with Gasteiger partial charge >= 0.3 is 0 Å². The van der Waals surface area contributed by atoms with E-state index >= 15 is 0 Å². The van der Waals surface area contributed by atoms with Gasteiger partial charge in [0.15, 0.2) is 11.5 Å². The highest BCUT2D eigenvalue weighted by atomic mass is 16.5. The van der Waals surface area contributed by atoms with E-state index in [1.165, 1.54) is 24.9 Å². The molecule has 1 aromatic rings. The number of nitrogens with two attached hydrogens (primary N) is 1. The molecule has 0 spiro atoms. The number of rotatable bonds is 12. The van der Waals surface area contributed by atoms with Crippen molar-refractivity contribution >= 4 is 5.69 Å². The second kappa shape index (κ2) is 11.2. The summed E-state index contributed by atoms with van der Waals surface area (Å²) in [5, 5.41) is 0. The smallest absolute Gasteiger partial charge is 0.184 e. The highest BCUT2D eigenvalue weighted by Crippen LogP contribution is 2.35. The third kappa shape index (κ3) is 6.69. The number of hydrogen-bond acceptors (Lipinski definition) is 4. The van der Waals surface area contributed by atoms with Crippen molar-refractivity contribution in [2.24, 2.45) is 0 Å². The van der Waals surface area contributed by atoms with Crippen LogP contribution in [-0.4, -0.2) is 37.7 Å². The summed E-state index contributed by atoms with van der Waals surface area (Å²) in [7, 11) is 0. The van der Waals surface area contributed by atoms with Crippen LogP contribution < -0.4 is 15.2 Å². The molecule has 0 aliphatic rings. The van der Waals surface area contributed by atoms with E-state index < -0.39 is 0 Å². The standard InChI is InChI=1S/C19H34N2O2/c1-5-9-12-21(6-2)13-10-11-16-14-17(20)19(23-8-4)18(15-16)22-7-3/h14-15H,5-13,20H2,1-4H3. The zero-order valence-corrected chi connectivity index (χ0v) is 15.4. The van der Waals surface area contributed by atoms with Gasteiger partial charge in [-0.15, -0.1) is 0 Å². The minimum Gasteiger partial charge on any atom is -0.490 e. The second-order valence-corrected chi connectivity index (χ2v) is 5.77. The van der Waals surface area contributed by atoms with Crippen LogP contribution in [0.3, 0.4) is 0 Å². The first kappa shape index (κ1) is 19.6. The van der Waals surface area contributed by atoms with E-state index in [0.29, 0.717) is 24.7 Å². The van der Waals surface area contributed by atoms with Crippen LogP contribution in [0, 0.1) is 0 Å². The molecule has 0 aliphatic carbocycles. The summed E-state index contributed by atoms with van der Waals surface area (Å²) < 4.78 is 11.3. The molecule has 0 radical (unpaired) electrons. The van der Waals surface area contributed by atoms with Crippen LogP contribution in [0.2, 0.25) is 0 Å². The van der Waals surface area contributed by atoms with E-state index in [9.17, 15) is 0 Å². The van der Waals surface area contributed by atoms with Gasteiger partial charge in [0.2, 0.25) is 0 Å². The van der Waals surface area contributed by atoms with E-state index in [1.54, 1.807) is 0 Å². The van der Waals surface area contributed by atoms with E-state index in [2.05, 4.69) is 24.8 Å². The summed E-state index contributed by atoms with van der Waals surface area (Å²) in [6, 6.07) is 4.10. The number of hydrogen-bond donors (Lipinski definition) is 1. The Bertz CT molecular complexity index is 449. The highest BCUT2D eigenvalue weighted by molar-refractivity contribution is 5.62. The summed E-state index contributed by atoms with van der Waals surface area (Å²) in [5.41, 5.74) is 8.04. The van der Waals surface area contributed by atoms with Crippen LogP contribution in [0.25, 0.3) is 0 Å². The number of benzene rings is 1. The van der Waals surface area contributed by atoms with Crippen molar-refractivity contribution < 1.29 is 9.47 Å². The van der Waals surface area contributed by atoms with Crippen LogP contribution in [-0.2, 0) is 6.42 Å². The number of ether oxygens (including phenoxy) is 2. The van der Waals surface area contributed by atoms with Gasteiger partial charge in [0.05, 0.1) is 18.9 Å². The SMILES string of the molecule is CCCCN(CC)CCCc1cc(N)c(OCC)c(OCC)c1. The maximum Gasteiger partial charge on any atom is 0.184 e. The Morgan fingerprint density at radius 1 is 0.957 bits per heavy atom. The number of nitrogen functional groups attached to an aromatic ring is 1. The molecule has 0 bridgehead atoms. The Kier molecular flexibility index (Phi) is 9.53. The number of anilines is 1. The monoisotopic (exact) mass is 322 g/mol. The van der Waals surface area contributed by atoms with Crippen molar-refractivity contribution in [3.63, 3.8) is 0 Å². The molecule has 0 atom stereocenters. The molecule has 1 rings (SSSR count). The highest BCUT2D eigenvalue weighted by Gasteiger charge is 2.11. The maximum absolute atomic E-state index is 6.15. The molecule has 0 saturated heterocycles. The Labute approximate surface area is 142 Å². The first-order chi connectivity index (χ1) is 11.2. The fourth-order valence-corrected chi connectivity index (χ4v) is 2.71. The minimum atomic E-state index is 0.590.